The van der Waals surface area contributed by atoms with Crippen molar-refractivity contribution < 1.29 is 9.13 Å². The molecule has 0 saturated carbocycles. The molecule has 1 N–H and O–H groups in total. The van der Waals surface area contributed by atoms with Crippen LogP contribution in [-0.2, 0) is 11.3 Å². The van der Waals surface area contributed by atoms with Crippen LogP contribution in [0.25, 0.3) is 0 Å². The van der Waals surface area contributed by atoms with Gasteiger partial charge in [-0.1, -0.05) is 22.0 Å². The molecule has 2 rings (SSSR count). The van der Waals surface area contributed by atoms with Crippen LogP contribution in [0, 0.1) is 5.82 Å². The number of rotatable bonds is 3. The van der Waals surface area contributed by atoms with Gasteiger partial charge < -0.3 is 10.1 Å². The molecule has 1 aliphatic rings. The van der Waals surface area contributed by atoms with Gasteiger partial charge in [0.05, 0.1) is 5.60 Å². The molecule has 0 amide bonds. The molecule has 0 bridgehead atoms. The summed E-state index contributed by atoms with van der Waals surface area (Å²) in [5, 5.41) is 3.42. The molecule has 4 heteroatoms. The van der Waals surface area contributed by atoms with Crippen LogP contribution in [-0.4, -0.2) is 18.2 Å². The van der Waals surface area contributed by atoms with Crippen molar-refractivity contribution in [3.8, 4) is 0 Å². The highest BCUT2D eigenvalue weighted by molar-refractivity contribution is 9.10. The van der Waals surface area contributed by atoms with E-state index in [-0.39, 0.29) is 11.4 Å². The Balaban J connectivity index is 1.91. The highest BCUT2D eigenvalue weighted by atomic mass is 79.9. The Morgan fingerprint density at radius 1 is 1.50 bits per heavy atom. The maximum atomic E-state index is 13.7. The predicted molar refractivity (Wildman–Crippen MR) is 74.0 cm³/mol. The van der Waals surface area contributed by atoms with Gasteiger partial charge in [0.1, 0.15) is 5.82 Å². The Bertz CT molecular complexity index is 422. The minimum Gasteiger partial charge on any atom is -0.375 e. The number of ether oxygens (including phenoxy) is 1. The van der Waals surface area contributed by atoms with E-state index < -0.39 is 0 Å². The van der Waals surface area contributed by atoms with Crippen molar-refractivity contribution in [2.75, 3.05) is 6.61 Å². The van der Waals surface area contributed by atoms with Gasteiger partial charge >= 0.3 is 0 Å². The summed E-state index contributed by atoms with van der Waals surface area (Å²) in [4.78, 5) is 0. The molecule has 0 radical (unpaired) electrons. The second kappa shape index (κ2) is 5.68. The van der Waals surface area contributed by atoms with Gasteiger partial charge in [0.2, 0.25) is 0 Å². The Kier molecular flexibility index (Phi) is 4.41. The van der Waals surface area contributed by atoms with Gasteiger partial charge in [-0.2, -0.15) is 0 Å². The highest BCUT2D eigenvalue weighted by Gasteiger charge is 2.28. The zero-order valence-electron chi connectivity index (χ0n) is 10.8. The topological polar surface area (TPSA) is 21.3 Å². The molecule has 1 saturated heterocycles. The minimum atomic E-state index is -0.164. The second-order valence-electron chi connectivity index (χ2n) is 5.41. The van der Waals surface area contributed by atoms with E-state index in [0.717, 1.165) is 23.9 Å². The third-order valence-electron chi connectivity index (χ3n) is 3.29. The largest absolute Gasteiger partial charge is 0.375 e. The molecule has 1 atom stereocenters. The molecule has 1 heterocycles. The Labute approximate surface area is 116 Å². The lowest BCUT2D eigenvalue weighted by atomic mass is 9.94. The first-order chi connectivity index (χ1) is 8.46. The maximum Gasteiger partial charge on any atom is 0.128 e. The average molecular weight is 316 g/mol. The zero-order chi connectivity index (χ0) is 13.2. The second-order valence-corrected chi connectivity index (χ2v) is 6.33. The lowest BCUT2D eigenvalue weighted by molar-refractivity contribution is -0.0630. The van der Waals surface area contributed by atoms with Crippen molar-refractivity contribution in [1.29, 1.82) is 0 Å². The summed E-state index contributed by atoms with van der Waals surface area (Å²) in [7, 11) is 0. The van der Waals surface area contributed by atoms with Crippen molar-refractivity contribution in [3.05, 3.63) is 34.1 Å². The van der Waals surface area contributed by atoms with Crippen LogP contribution in [0.5, 0.6) is 0 Å². The summed E-state index contributed by atoms with van der Waals surface area (Å²) < 4.78 is 20.1. The van der Waals surface area contributed by atoms with Gasteiger partial charge in [-0.3, -0.25) is 0 Å². The van der Waals surface area contributed by atoms with E-state index in [2.05, 4.69) is 35.1 Å². The molecule has 1 unspecified atom stereocenters. The minimum absolute atomic E-state index is 0.0752. The molecule has 0 aliphatic carbocycles. The molecule has 1 fully saturated rings. The van der Waals surface area contributed by atoms with Crippen LogP contribution in [0.1, 0.15) is 32.3 Å². The summed E-state index contributed by atoms with van der Waals surface area (Å²) in [6, 6.07) is 5.59. The number of hydrogen-bond donors (Lipinski definition) is 1. The van der Waals surface area contributed by atoms with E-state index in [1.807, 2.05) is 12.1 Å². The molecule has 0 spiro atoms. The van der Waals surface area contributed by atoms with E-state index in [1.54, 1.807) is 0 Å². The van der Waals surface area contributed by atoms with Gasteiger partial charge in [-0.15, -0.1) is 0 Å². The Morgan fingerprint density at radius 2 is 2.28 bits per heavy atom. The summed E-state index contributed by atoms with van der Waals surface area (Å²) in [6.07, 6.45) is 1.95. The van der Waals surface area contributed by atoms with Crippen LogP contribution in [0.2, 0.25) is 0 Å². The normalized spacial score (nSPS) is 23.0. The van der Waals surface area contributed by atoms with E-state index in [1.165, 1.54) is 6.07 Å². The van der Waals surface area contributed by atoms with Gasteiger partial charge in [0, 0.05) is 29.2 Å². The smallest absolute Gasteiger partial charge is 0.128 e. The zero-order valence-corrected chi connectivity index (χ0v) is 12.4. The fourth-order valence-corrected chi connectivity index (χ4v) is 2.66. The molecule has 0 aromatic heterocycles. The predicted octanol–water partition coefficient (Wildman–Crippen LogP) is 3.64. The molecule has 100 valence electrons. The Morgan fingerprint density at radius 3 is 2.94 bits per heavy atom. The Hall–Kier alpha value is -0.450. The molecule has 1 aromatic rings. The van der Waals surface area contributed by atoms with Crippen LogP contribution < -0.4 is 5.32 Å². The fraction of sp³-hybridized carbons (Fsp3) is 0.571. The number of benzene rings is 1. The van der Waals surface area contributed by atoms with E-state index in [4.69, 9.17) is 4.74 Å². The quantitative estimate of drug-likeness (QED) is 0.919. The van der Waals surface area contributed by atoms with Crippen LogP contribution in [0.3, 0.4) is 0 Å². The standard InChI is InChI=1S/C14H19BrFNO/c1-14(2)8-12(5-6-18-14)17-9-10-3-4-11(15)7-13(10)16/h3-4,7,12,17H,5-6,8-9H2,1-2H3. The van der Waals surface area contributed by atoms with Crippen molar-refractivity contribution in [1.82, 2.24) is 5.32 Å². The third kappa shape index (κ3) is 3.77. The molecule has 18 heavy (non-hydrogen) atoms. The summed E-state index contributed by atoms with van der Waals surface area (Å²) in [5.41, 5.74) is 0.635. The van der Waals surface area contributed by atoms with Gasteiger partial charge in [-0.05, 0) is 38.8 Å². The summed E-state index contributed by atoms with van der Waals surface area (Å²) >= 11 is 3.26. The molecule has 1 aromatic carbocycles. The fourth-order valence-electron chi connectivity index (χ4n) is 2.33. The lowest BCUT2D eigenvalue weighted by Gasteiger charge is -2.36. The first-order valence-corrected chi connectivity index (χ1v) is 7.07. The highest BCUT2D eigenvalue weighted by Crippen LogP contribution is 2.24. The van der Waals surface area contributed by atoms with Crippen LogP contribution >= 0.6 is 15.9 Å². The number of hydrogen-bond acceptors (Lipinski definition) is 2. The number of nitrogens with one attached hydrogen (secondary N) is 1. The SMILES string of the molecule is CC1(C)CC(NCc2ccc(Br)cc2F)CCO1. The summed E-state index contributed by atoms with van der Waals surface area (Å²) in [5.74, 6) is -0.164. The first kappa shape index (κ1) is 14.0. The van der Waals surface area contributed by atoms with E-state index in [0.29, 0.717) is 18.2 Å². The van der Waals surface area contributed by atoms with Crippen molar-refractivity contribution in [2.24, 2.45) is 0 Å². The molecule has 1 aliphatic heterocycles. The maximum absolute atomic E-state index is 13.7. The van der Waals surface area contributed by atoms with E-state index >= 15 is 0 Å². The first-order valence-electron chi connectivity index (χ1n) is 6.27. The van der Waals surface area contributed by atoms with Gasteiger partial charge in [-0.25, -0.2) is 4.39 Å². The monoisotopic (exact) mass is 315 g/mol. The molecular formula is C14H19BrFNO. The van der Waals surface area contributed by atoms with Gasteiger partial charge in [0.25, 0.3) is 0 Å². The third-order valence-corrected chi connectivity index (χ3v) is 3.79. The molecule has 2 nitrogen and oxygen atoms in total. The molecular weight excluding hydrogens is 297 g/mol. The van der Waals surface area contributed by atoms with Crippen molar-refractivity contribution in [2.45, 2.75) is 44.9 Å². The van der Waals surface area contributed by atoms with Crippen molar-refractivity contribution in [3.63, 3.8) is 0 Å². The van der Waals surface area contributed by atoms with E-state index in [9.17, 15) is 4.39 Å². The van der Waals surface area contributed by atoms with Gasteiger partial charge in [0.15, 0.2) is 0 Å². The van der Waals surface area contributed by atoms with Crippen LogP contribution in [0.15, 0.2) is 22.7 Å². The van der Waals surface area contributed by atoms with Crippen LogP contribution in [0.4, 0.5) is 4.39 Å². The summed E-state index contributed by atoms with van der Waals surface area (Å²) in [6.45, 7) is 5.54. The average Bonchev–Trinajstić information content (AvgIpc) is 2.26. The lowest BCUT2D eigenvalue weighted by Crippen LogP contribution is -2.43. The van der Waals surface area contributed by atoms with Crippen molar-refractivity contribution >= 4 is 15.9 Å². The number of halogens is 2.